The normalized spacial score (nSPS) is 20.3. The summed E-state index contributed by atoms with van der Waals surface area (Å²) in [7, 11) is 0. The quantitative estimate of drug-likeness (QED) is 0.923. The Balaban J connectivity index is 1.90. The highest BCUT2D eigenvalue weighted by Gasteiger charge is 2.18. The maximum absolute atomic E-state index is 12.1. The van der Waals surface area contributed by atoms with E-state index in [0.29, 0.717) is 12.5 Å². The van der Waals surface area contributed by atoms with Gasteiger partial charge in [-0.05, 0) is 56.0 Å². The maximum atomic E-state index is 12.1. The number of hydrogen-bond acceptors (Lipinski definition) is 2. The summed E-state index contributed by atoms with van der Waals surface area (Å²) in [4.78, 5) is 14.3. The highest BCUT2D eigenvalue weighted by atomic mass is 79.9. The number of benzene rings is 1. The van der Waals surface area contributed by atoms with Crippen molar-refractivity contribution in [3.05, 3.63) is 28.2 Å². The molecule has 0 aliphatic carbocycles. The summed E-state index contributed by atoms with van der Waals surface area (Å²) >= 11 is 3.43. The molecule has 1 aromatic carbocycles. The van der Waals surface area contributed by atoms with Crippen LogP contribution >= 0.6 is 15.9 Å². The Labute approximate surface area is 123 Å². The molecule has 0 radical (unpaired) electrons. The summed E-state index contributed by atoms with van der Waals surface area (Å²) < 4.78 is 1.04. The zero-order valence-electron chi connectivity index (χ0n) is 11.6. The van der Waals surface area contributed by atoms with Gasteiger partial charge in [0, 0.05) is 16.7 Å². The van der Waals surface area contributed by atoms with Gasteiger partial charge in [-0.1, -0.05) is 22.9 Å². The van der Waals surface area contributed by atoms with Crippen molar-refractivity contribution in [1.29, 1.82) is 0 Å². The molecule has 104 valence electrons. The number of carbonyl (C=O) groups excluding carboxylic acids is 1. The van der Waals surface area contributed by atoms with Crippen molar-refractivity contribution in [3.63, 3.8) is 0 Å². The van der Waals surface area contributed by atoms with Crippen LogP contribution in [0.25, 0.3) is 0 Å². The SMILES string of the molecule is Cc1cc(Br)ccc1NC(=O)CN1CCCC(C)C1. The number of halogens is 1. The van der Waals surface area contributed by atoms with Crippen LogP contribution in [0.4, 0.5) is 5.69 Å². The third kappa shape index (κ3) is 4.32. The van der Waals surface area contributed by atoms with E-state index in [2.05, 4.69) is 33.1 Å². The predicted octanol–water partition coefficient (Wildman–Crippen LogP) is 3.43. The van der Waals surface area contributed by atoms with E-state index in [-0.39, 0.29) is 5.91 Å². The van der Waals surface area contributed by atoms with Gasteiger partial charge in [0.05, 0.1) is 6.54 Å². The monoisotopic (exact) mass is 324 g/mol. The van der Waals surface area contributed by atoms with E-state index in [1.54, 1.807) is 0 Å². The van der Waals surface area contributed by atoms with Crippen LogP contribution in [0.1, 0.15) is 25.3 Å². The highest BCUT2D eigenvalue weighted by Crippen LogP contribution is 2.20. The standard InChI is InChI=1S/C15H21BrN2O/c1-11-4-3-7-18(9-11)10-15(19)17-14-6-5-13(16)8-12(14)2/h5-6,8,11H,3-4,7,9-10H2,1-2H3,(H,17,19). The first-order chi connectivity index (χ1) is 9.04. The predicted molar refractivity (Wildman–Crippen MR) is 82.3 cm³/mol. The Bertz CT molecular complexity index is 461. The largest absolute Gasteiger partial charge is 0.325 e. The molecule has 1 atom stereocenters. The molecular weight excluding hydrogens is 304 g/mol. The third-order valence-corrected chi connectivity index (χ3v) is 4.06. The lowest BCUT2D eigenvalue weighted by Crippen LogP contribution is -2.39. The Hall–Kier alpha value is -0.870. The number of hydrogen-bond donors (Lipinski definition) is 1. The van der Waals surface area contributed by atoms with Crippen LogP contribution in [-0.2, 0) is 4.79 Å². The minimum absolute atomic E-state index is 0.0829. The summed E-state index contributed by atoms with van der Waals surface area (Å²) in [5.41, 5.74) is 1.98. The van der Waals surface area contributed by atoms with Crippen molar-refractivity contribution in [2.24, 2.45) is 5.92 Å². The highest BCUT2D eigenvalue weighted by molar-refractivity contribution is 9.10. The molecule has 1 aliphatic heterocycles. The fourth-order valence-electron chi connectivity index (χ4n) is 2.59. The summed E-state index contributed by atoms with van der Waals surface area (Å²) in [6.07, 6.45) is 2.48. The number of anilines is 1. The van der Waals surface area contributed by atoms with E-state index >= 15 is 0 Å². The van der Waals surface area contributed by atoms with Gasteiger partial charge >= 0.3 is 0 Å². The molecule has 19 heavy (non-hydrogen) atoms. The lowest BCUT2D eigenvalue weighted by molar-refractivity contribution is -0.117. The first kappa shape index (κ1) is 14.5. The number of aryl methyl sites for hydroxylation is 1. The maximum Gasteiger partial charge on any atom is 0.238 e. The molecule has 1 aromatic rings. The van der Waals surface area contributed by atoms with Gasteiger partial charge in [-0.3, -0.25) is 9.69 Å². The number of likely N-dealkylation sites (tertiary alicyclic amines) is 1. The molecule has 0 aromatic heterocycles. The molecule has 1 fully saturated rings. The van der Waals surface area contributed by atoms with E-state index in [1.807, 2.05) is 25.1 Å². The van der Waals surface area contributed by atoms with Crippen LogP contribution in [0.2, 0.25) is 0 Å². The van der Waals surface area contributed by atoms with Crippen LogP contribution < -0.4 is 5.32 Å². The van der Waals surface area contributed by atoms with Gasteiger partial charge in [-0.2, -0.15) is 0 Å². The molecule has 1 saturated heterocycles. The number of nitrogens with one attached hydrogen (secondary N) is 1. The molecule has 0 bridgehead atoms. The zero-order valence-corrected chi connectivity index (χ0v) is 13.2. The number of piperidine rings is 1. The molecule has 3 nitrogen and oxygen atoms in total. The molecule has 1 amide bonds. The summed E-state index contributed by atoms with van der Waals surface area (Å²) in [6, 6.07) is 5.90. The van der Waals surface area contributed by atoms with Gasteiger partial charge in [0.1, 0.15) is 0 Å². The van der Waals surface area contributed by atoms with Crippen LogP contribution in [0.3, 0.4) is 0 Å². The molecule has 1 N–H and O–H groups in total. The van der Waals surface area contributed by atoms with Crippen molar-refractivity contribution in [2.45, 2.75) is 26.7 Å². The number of amides is 1. The van der Waals surface area contributed by atoms with Gasteiger partial charge in [0.15, 0.2) is 0 Å². The fraction of sp³-hybridized carbons (Fsp3) is 0.533. The Morgan fingerprint density at radius 1 is 1.53 bits per heavy atom. The third-order valence-electron chi connectivity index (χ3n) is 3.57. The van der Waals surface area contributed by atoms with E-state index in [4.69, 9.17) is 0 Å². The minimum Gasteiger partial charge on any atom is -0.325 e. The van der Waals surface area contributed by atoms with E-state index < -0.39 is 0 Å². The molecule has 0 spiro atoms. The number of carbonyl (C=O) groups is 1. The lowest BCUT2D eigenvalue weighted by atomic mass is 10.0. The van der Waals surface area contributed by atoms with Crippen molar-refractivity contribution in [3.8, 4) is 0 Å². The van der Waals surface area contributed by atoms with Crippen molar-refractivity contribution < 1.29 is 4.79 Å². The summed E-state index contributed by atoms with van der Waals surface area (Å²) in [6.45, 7) is 6.83. The Morgan fingerprint density at radius 2 is 2.32 bits per heavy atom. The zero-order chi connectivity index (χ0) is 13.8. The van der Waals surface area contributed by atoms with Gasteiger partial charge in [0.2, 0.25) is 5.91 Å². The van der Waals surface area contributed by atoms with Crippen molar-refractivity contribution >= 4 is 27.5 Å². The smallest absolute Gasteiger partial charge is 0.238 e. The first-order valence-electron chi connectivity index (χ1n) is 6.83. The second kappa shape index (κ2) is 6.53. The van der Waals surface area contributed by atoms with E-state index in [9.17, 15) is 4.79 Å². The molecule has 2 rings (SSSR count). The van der Waals surface area contributed by atoms with Gasteiger partial charge in [0.25, 0.3) is 0 Å². The lowest BCUT2D eigenvalue weighted by Gasteiger charge is -2.30. The molecule has 1 aliphatic rings. The average molecular weight is 325 g/mol. The van der Waals surface area contributed by atoms with Gasteiger partial charge in [-0.15, -0.1) is 0 Å². The first-order valence-corrected chi connectivity index (χ1v) is 7.62. The molecular formula is C15H21BrN2O. The molecule has 4 heteroatoms. The van der Waals surface area contributed by atoms with Crippen molar-refractivity contribution in [1.82, 2.24) is 4.90 Å². The van der Waals surface area contributed by atoms with Gasteiger partial charge in [-0.25, -0.2) is 0 Å². The summed E-state index contributed by atoms with van der Waals surface area (Å²) in [5, 5.41) is 3.00. The second-order valence-corrected chi connectivity index (χ2v) is 6.41. The van der Waals surface area contributed by atoms with Crippen LogP contribution in [0.15, 0.2) is 22.7 Å². The Kier molecular flexibility index (Phi) is 4.99. The summed E-state index contributed by atoms with van der Waals surface area (Å²) in [5.74, 6) is 0.787. The number of nitrogens with zero attached hydrogens (tertiary/aromatic N) is 1. The average Bonchev–Trinajstić information content (AvgIpc) is 2.33. The fourth-order valence-corrected chi connectivity index (χ4v) is 3.07. The topological polar surface area (TPSA) is 32.3 Å². The Morgan fingerprint density at radius 3 is 3.00 bits per heavy atom. The van der Waals surface area contributed by atoms with E-state index in [1.165, 1.54) is 12.8 Å². The minimum atomic E-state index is 0.0829. The van der Waals surface area contributed by atoms with E-state index in [0.717, 1.165) is 28.8 Å². The second-order valence-electron chi connectivity index (χ2n) is 5.49. The molecule has 0 saturated carbocycles. The molecule has 1 unspecified atom stereocenters. The van der Waals surface area contributed by atoms with Gasteiger partial charge < -0.3 is 5.32 Å². The number of rotatable bonds is 3. The van der Waals surface area contributed by atoms with Crippen molar-refractivity contribution in [2.75, 3.05) is 25.0 Å². The van der Waals surface area contributed by atoms with Crippen LogP contribution in [0, 0.1) is 12.8 Å². The van der Waals surface area contributed by atoms with Crippen LogP contribution in [0.5, 0.6) is 0 Å². The molecule has 1 heterocycles. The van der Waals surface area contributed by atoms with Crippen LogP contribution in [-0.4, -0.2) is 30.4 Å².